The molecule has 0 bridgehead atoms. The summed E-state index contributed by atoms with van der Waals surface area (Å²) in [5.41, 5.74) is 0.229. The first-order chi connectivity index (χ1) is 7.45. The van der Waals surface area contributed by atoms with Crippen LogP contribution in [0.15, 0.2) is 35.6 Å². The molecule has 5 heteroatoms. The van der Waals surface area contributed by atoms with Crippen molar-refractivity contribution >= 4 is 11.3 Å². The maximum atomic E-state index is 12.4. The number of alkyl halides is 3. The molecule has 1 aromatic heterocycles. The van der Waals surface area contributed by atoms with E-state index >= 15 is 0 Å². The second-order valence-corrected chi connectivity index (χ2v) is 3.18. The van der Waals surface area contributed by atoms with E-state index in [2.05, 4.69) is 9.98 Å². The third-order valence-corrected chi connectivity index (χ3v) is 2.00. The highest BCUT2D eigenvalue weighted by Crippen LogP contribution is 2.21. The van der Waals surface area contributed by atoms with Crippen LogP contribution >= 0.6 is 0 Å². The molecular weight excluding hydrogens is 217 g/mol. The van der Waals surface area contributed by atoms with Crippen molar-refractivity contribution in [3.05, 3.63) is 36.2 Å². The van der Waals surface area contributed by atoms with Gasteiger partial charge < -0.3 is 0 Å². The summed E-state index contributed by atoms with van der Waals surface area (Å²) in [5.74, 6) is 0. The van der Waals surface area contributed by atoms with E-state index in [9.17, 15) is 13.2 Å². The zero-order valence-corrected chi connectivity index (χ0v) is 8.92. The minimum atomic E-state index is -4.42. The molecule has 0 amide bonds. The molecule has 1 aromatic rings. The molecule has 16 heavy (non-hydrogen) atoms. The van der Waals surface area contributed by atoms with E-state index in [1.807, 2.05) is 0 Å². The van der Waals surface area contributed by atoms with E-state index < -0.39 is 11.9 Å². The highest BCUT2D eigenvalue weighted by Gasteiger charge is 2.33. The van der Waals surface area contributed by atoms with Crippen LogP contribution in [0.2, 0.25) is 0 Å². The molecule has 86 valence electrons. The number of halogens is 3. The van der Waals surface area contributed by atoms with Gasteiger partial charge in [-0.15, -0.1) is 0 Å². The van der Waals surface area contributed by atoms with Gasteiger partial charge in [-0.25, -0.2) is 0 Å². The van der Waals surface area contributed by atoms with Crippen molar-refractivity contribution in [2.75, 3.05) is 7.05 Å². The number of nitrogens with zero attached hydrogens (tertiary/aromatic N) is 2. The van der Waals surface area contributed by atoms with E-state index in [-0.39, 0.29) is 0 Å². The Morgan fingerprint density at radius 2 is 2.12 bits per heavy atom. The van der Waals surface area contributed by atoms with Gasteiger partial charge >= 0.3 is 6.18 Å². The molecular formula is C11H11F3N2. The SMILES string of the molecule is CN=C(/C=C(\C)c1cccnc1)C(F)(F)F. The van der Waals surface area contributed by atoms with E-state index in [0.29, 0.717) is 11.1 Å². The number of allylic oxidation sites excluding steroid dienone is 2. The molecule has 0 atom stereocenters. The molecule has 1 rings (SSSR count). The lowest BCUT2D eigenvalue weighted by molar-refractivity contribution is -0.0577. The molecule has 0 unspecified atom stereocenters. The van der Waals surface area contributed by atoms with Crippen molar-refractivity contribution in [1.29, 1.82) is 0 Å². The minimum Gasteiger partial charge on any atom is -0.284 e. The molecule has 0 spiro atoms. The predicted molar refractivity (Wildman–Crippen MR) is 57.3 cm³/mol. The third-order valence-electron chi connectivity index (χ3n) is 2.00. The van der Waals surface area contributed by atoms with Crippen molar-refractivity contribution in [3.63, 3.8) is 0 Å². The van der Waals surface area contributed by atoms with Gasteiger partial charge in [-0.2, -0.15) is 13.2 Å². The second-order valence-electron chi connectivity index (χ2n) is 3.18. The molecule has 2 nitrogen and oxygen atoms in total. The average molecular weight is 228 g/mol. The summed E-state index contributed by atoms with van der Waals surface area (Å²) in [5, 5.41) is 0. The molecule has 0 saturated heterocycles. The van der Waals surface area contributed by atoms with Crippen molar-refractivity contribution in [3.8, 4) is 0 Å². The Labute approximate surface area is 91.5 Å². The maximum absolute atomic E-state index is 12.4. The Hall–Kier alpha value is -1.65. The van der Waals surface area contributed by atoms with E-state index in [0.717, 1.165) is 13.1 Å². The Morgan fingerprint density at radius 1 is 1.44 bits per heavy atom. The highest BCUT2D eigenvalue weighted by molar-refractivity contribution is 6.04. The Balaban J connectivity index is 3.02. The van der Waals surface area contributed by atoms with Crippen LogP contribution in [0.5, 0.6) is 0 Å². The topological polar surface area (TPSA) is 25.2 Å². The molecule has 0 saturated carbocycles. The van der Waals surface area contributed by atoms with Gasteiger partial charge in [0.05, 0.1) is 0 Å². The summed E-state index contributed by atoms with van der Waals surface area (Å²) in [4.78, 5) is 7.06. The number of hydrogen-bond acceptors (Lipinski definition) is 2. The standard InChI is InChI=1S/C11H11F3N2/c1-8(9-4-3-5-16-7-9)6-10(15-2)11(12,13)14/h3-7H,1-2H3/b8-6+,15-10?. The van der Waals surface area contributed by atoms with Crippen LogP contribution < -0.4 is 0 Å². The second kappa shape index (κ2) is 4.92. The fourth-order valence-corrected chi connectivity index (χ4v) is 1.16. The molecule has 0 aliphatic heterocycles. The van der Waals surface area contributed by atoms with Crippen molar-refractivity contribution in [2.24, 2.45) is 4.99 Å². The van der Waals surface area contributed by atoms with E-state index in [4.69, 9.17) is 0 Å². The van der Waals surface area contributed by atoms with Crippen molar-refractivity contribution in [1.82, 2.24) is 4.98 Å². The van der Waals surface area contributed by atoms with Gasteiger partial charge in [0.1, 0.15) is 5.71 Å². The Kier molecular flexibility index (Phi) is 3.82. The first kappa shape index (κ1) is 12.4. The van der Waals surface area contributed by atoms with Crippen molar-refractivity contribution in [2.45, 2.75) is 13.1 Å². The van der Waals surface area contributed by atoms with Crippen LogP contribution in [0.3, 0.4) is 0 Å². The van der Waals surface area contributed by atoms with Crippen LogP contribution in [0.1, 0.15) is 12.5 Å². The first-order valence-electron chi connectivity index (χ1n) is 4.58. The first-order valence-corrected chi connectivity index (χ1v) is 4.58. The molecule has 0 N–H and O–H groups in total. The zero-order valence-electron chi connectivity index (χ0n) is 8.92. The van der Waals surface area contributed by atoms with Gasteiger partial charge in [-0.1, -0.05) is 6.07 Å². The molecule has 0 aromatic carbocycles. The monoisotopic (exact) mass is 228 g/mol. The normalized spacial score (nSPS) is 14.1. The van der Waals surface area contributed by atoms with Gasteiger partial charge in [0.25, 0.3) is 0 Å². The summed E-state index contributed by atoms with van der Waals surface area (Å²) >= 11 is 0. The largest absolute Gasteiger partial charge is 0.432 e. The van der Waals surface area contributed by atoms with E-state index in [1.54, 1.807) is 25.3 Å². The van der Waals surface area contributed by atoms with Gasteiger partial charge in [-0.3, -0.25) is 9.98 Å². The van der Waals surface area contributed by atoms with Gasteiger partial charge in [-0.05, 0) is 30.2 Å². The fraction of sp³-hybridized carbons (Fsp3) is 0.273. The van der Waals surface area contributed by atoms with Crippen LogP contribution in [0.4, 0.5) is 13.2 Å². The Bertz CT molecular complexity index is 405. The number of aliphatic imine (C=N–C) groups is 1. The van der Waals surface area contributed by atoms with Gasteiger partial charge in [0, 0.05) is 19.4 Å². The zero-order chi connectivity index (χ0) is 12.2. The number of pyridine rings is 1. The quantitative estimate of drug-likeness (QED) is 0.714. The van der Waals surface area contributed by atoms with Crippen LogP contribution in [0, 0.1) is 0 Å². The minimum absolute atomic E-state index is 0.478. The molecule has 0 aliphatic rings. The number of rotatable bonds is 2. The smallest absolute Gasteiger partial charge is 0.284 e. The van der Waals surface area contributed by atoms with Crippen LogP contribution in [0.25, 0.3) is 5.57 Å². The third kappa shape index (κ3) is 3.18. The van der Waals surface area contributed by atoms with Crippen LogP contribution in [-0.2, 0) is 0 Å². The maximum Gasteiger partial charge on any atom is 0.432 e. The Morgan fingerprint density at radius 3 is 2.56 bits per heavy atom. The summed E-state index contributed by atoms with van der Waals surface area (Å²) in [6.45, 7) is 1.59. The summed E-state index contributed by atoms with van der Waals surface area (Å²) in [6, 6.07) is 3.37. The molecule has 0 aliphatic carbocycles. The lowest BCUT2D eigenvalue weighted by Gasteiger charge is -2.07. The summed E-state index contributed by atoms with van der Waals surface area (Å²) in [6.07, 6.45) is -0.333. The van der Waals surface area contributed by atoms with E-state index in [1.165, 1.54) is 6.20 Å². The molecule has 0 radical (unpaired) electrons. The summed E-state index contributed by atoms with van der Waals surface area (Å²) in [7, 11) is 1.12. The average Bonchev–Trinajstić information content (AvgIpc) is 2.25. The predicted octanol–water partition coefficient (Wildman–Crippen LogP) is 3.12. The fourth-order valence-electron chi connectivity index (χ4n) is 1.16. The number of hydrogen-bond donors (Lipinski definition) is 0. The van der Waals surface area contributed by atoms with Crippen LogP contribution in [-0.4, -0.2) is 23.9 Å². The molecule has 1 heterocycles. The van der Waals surface area contributed by atoms with Crippen molar-refractivity contribution < 1.29 is 13.2 Å². The van der Waals surface area contributed by atoms with Gasteiger partial charge in [0.2, 0.25) is 0 Å². The molecule has 0 fully saturated rings. The summed E-state index contributed by atoms with van der Waals surface area (Å²) < 4.78 is 37.2. The lowest BCUT2D eigenvalue weighted by Crippen LogP contribution is -2.20. The number of aromatic nitrogens is 1. The highest BCUT2D eigenvalue weighted by atomic mass is 19.4. The van der Waals surface area contributed by atoms with Gasteiger partial charge in [0.15, 0.2) is 0 Å². The lowest BCUT2D eigenvalue weighted by atomic mass is 10.1.